The molecule has 0 aromatic carbocycles. The molecular weight excluding hydrogens is 264 g/mol. The van der Waals surface area contributed by atoms with Gasteiger partial charge in [-0.05, 0) is 6.92 Å². The Labute approximate surface area is 117 Å². The van der Waals surface area contributed by atoms with Crippen molar-refractivity contribution in [2.45, 2.75) is 46.0 Å². The topological polar surface area (TPSA) is 68.3 Å². The highest BCUT2D eigenvalue weighted by Crippen LogP contribution is 2.26. The molecule has 6 heteroatoms. The van der Waals surface area contributed by atoms with Crippen LogP contribution in [0.3, 0.4) is 0 Å². The Kier molecular flexibility index (Phi) is 5.47. The number of rotatable bonds is 5. The fraction of sp³-hybridized carbons (Fsp3) is 0.615. The monoisotopic (exact) mass is 284 g/mol. The third-order valence-corrected chi connectivity index (χ3v) is 3.14. The second-order valence-corrected chi connectivity index (χ2v) is 6.00. The maximum atomic E-state index is 11.6. The van der Waals surface area contributed by atoms with E-state index in [1.54, 1.807) is 6.92 Å². The molecule has 19 heavy (non-hydrogen) atoms. The number of anilines is 1. The summed E-state index contributed by atoms with van der Waals surface area (Å²) in [6.45, 7) is 8.26. The van der Waals surface area contributed by atoms with Crippen LogP contribution in [-0.4, -0.2) is 23.5 Å². The van der Waals surface area contributed by atoms with Crippen LogP contribution in [0, 0.1) is 0 Å². The van der Waals surface area contributed by atoms with E-state index in [2.05, 4.69) is 31.1 Å². The fourth-order valence-electron chi connectivity index (χ4n) is 1.31. The van der Waals surface area contributed by atoms with Gasteiger partial charge in [-0.1, -0.05) is 20.8 Å². The van der Waals surface area contributed by atoms with Gasteiger partial charge < -0.3 is 10.1 Å². The minimum atomic E-state index is -0.354. The van der Waals surface area contributed by atoms with E-state index < -0.39 is 0 Å². The Morgan fingerprint density at radius 3 is 2.58 bits per heavy atom. The lowest BCUT2D eigenvalue weighted by molar-refractivity contribution is -0.144. The van der Waals surface area contributed by atoms with Crippen LogP contribution >= 0.6 is 11.3 Å². The summed E-state index contributed by atoms with van der Waals surface area (Å²) in [5.74, 6) is -0.574. The Morgan fingerprint density at radius 2 is 2.05 bits per heavy atom. The molecule has 5 nitrogen and oxygen atoms in total. The number of carbonyl (C=O) groups is 2. The molecule has 0 aliphatic carbocycles. The van der Waals surface area contributed by atoms with Crippen molar-refractivity contribution in [3.05, 3.63) is 11.1 Å². The van der Waals surface area contributed by atoms with Gasteiger partial charge >= 0.3 is 5.97 Å². The van der Waals surface area contributed by atoms with E-state index in [9.17, 15) is 9.59 Å². The smallest absolute Gasteiger partial charge is 0.306 e. The van der Waals surface area contributed by atoms with Crippen molar-refractivity contribution < 1.29 is 14.3 Å². The van der Waals surface area contributed by atoms with E-state index in [4.69, 9.17) is 4.74 Å². The van der Waals surface area contributed by atoms with Gasteiger partial charge in [0.15, 0.2) is 5.13 Å². The number of carbonyl (C=O) groups excluding carboxylic acids is 2. The average molecular weight is 284 g/mol. The van der Waals surface area contributed by atoms with Crippen LogP contribution in [0.1, 0.15) is 46.2 Å². The SMILES string of the molecule is CCOC(=O)CCC(=O)Nc1nc(C(C)(C)C)cs1. The Balaban J connectivity index is 2.45. The third-order valence-electron chi connectivity index (χ3n) is 2.38. The summed E-state index contributed by atoms with van der Waals surface area (Å²) in [7, 11) is 0. The molecule has 0 aliphatic rings. The molecule has 0 atom stereocenters. The van der Waals surface area contributed by atoms with E-state index in [0.29, 0.717) is 11.7 Å². The molecule has 0 radical (unpaired) electrons. The van der Waals surface area contributed by atoms with Crippen molar-refractivity contribution in [1.82, 2.24) is 4.98 Å². The number of aromatic nitrogens is 1. The number of thiazole rings is 1. The molecule has 0 saturated heterocycles. The minimum Gasteiger partial charge on any atom is -0.466 e. The van der Waals surface area contributed by atoms with Crippen molar-refractivity contribution in [1.29, 1.82) is 0 Å². The average Bonchev–Trinajstić information content (AvgIpc) is 2.75. The van der Waals surface area contributed by atoms with Gasteiger partial charge in [0, 0.05) is 17.2 Å². The van der Waals surface area contributed by atoms with Gasteiger partial charge in [-0.15, -0.1) is 11.3 Å². The van der Waals surface area contributed by atoms with Gasteiger partial charge in [0.25, 0.3) is 0 Å². The maximum Gasteiger partial charge on any atom is 0.306 e. The van der Waals surface area contributed by atoms with Gasteiger partial charge in [0.1, 0.15) is 0 Å². The lowest BCUT2D eigenvalue weighted by Gasteiger charge is -2.14. The summed E-state index contributed by atoms with van der Waals surface area (Å²) in [6, 6.07) is 0. The molecule has 0 aliphatic heterocycles. The van der Waals surface area contributed by atoms with Crippen molar-refractivity contribution >= 4 is 28.3 Å². The maximum absolute atomic E-state index is 11.6. The Morgan fingerprint density at radius 1 is 1.37 bits per heavy atom. The Hall–Kier alpha value is -1.43. The molecule has 1 aromatic rings. The van der Waals surface area contributed by atoms with Gasteiger partial charge in [-0.3, -0.25) is 9.59 Å². The van der Waals surface area contributed by atoms with Crippen LogP contribution in [0.5, 0.6) is 0 Å². The first kappa shape index (κ1) is 15.6. The molecule has 0 bridgehead atoms. The molecule has 1 N–H and O–H groups in total. The van der Waals surface area contributed by atoms with Gasteiger partial charge in [0.2, 0.25) is 5.91 Å². The molecule has 1 heterocycles. The van der Waals surface area contributed by atoms with Gasteiger partial charge in [-0.25, -0.2) is 4.98 Å². The third kappa shape index (κ3) is 5.38. The summed E-state index contributed by atoms with van der Waals surface area (Å²) in [6.07, 6.45) is 0.209. The summed E-state index contributed by atoms with van der Waals surface area (Å²) in [5.41, 5.74) is 0.905. The summed E-state index contributed by atoms with van der Waals surface area (Å²) < 4.78 is 4.76. The van der Waals surface area contributed by atoms with Crippen molar-refractivity contribution in [2.24, 2.45) is 0 Å². The predicted molar refractivity (Wildman–Crippen MR) is 75.3 cm³/mol. The van der Waals surface area contributed by atoms with E-state index in [-0.39, 0.29) is 30.1 Å². The zero-order chi connectivity index (χ0) is 14.5. The van der Waals surface area contributed by atoms with E-state index >= 15 is 0 Å². The predicted octanol–water partition coefficient (Wildman–Crippen LogP) is 2.72. The zero-order valence-electron chi connectivity index (χ0n) is 11.8. The molecule has 1 rings (SSSR count). The van der Waals surface area contributed by atoms with Crippen LogP contribution in [0.25, 0.3) is 0 Å². The minimum absolute atomic E-state index is 0.0373. The second kappa shape index (κ2) is 6.65. The zero-order valence-corrected chi connectivity index (χ0v) is 12.6. The number of ether oxygens (including phenoxy) is 1. The first-order valence-electron chi connectivity index (χ1n) is 6.24. The molecule has 0 spiro atoms. The summed E-state index contributed by atoms with van der Waals surface area (Å²) in [5, 5.41) is 5.19. The van der Waals surface area contributed by atoms with E-state index in [0.717, 1.165) is 5.69 Å². The highest BCUT2D eigenvalue weighted by atomic mass is 32.1. The molecule has 0 unspecified atom stereocenters. The quantitative estimate of drug-likeness (QED) is 0.844. The second-order valence-electron chi connectivity index (χ2n) is 5.14. The first-order chi connectivity index (χ1) is 8.82. The standard InChI is InChI=1S/C13H20N2O3S/c1-5-18-11(17)7-6-10(16)15-12-14-9(8-19-12)13(2,3)4/h8H,5-7H2,1-4H3,(H,14,15,16). The van der Waals surface area contributed by atoms with Crippen LogP contribution in [0.4, 0.5) is 5.13 Å². The normalized spacial score (nSPS) is 11.2. The number of hydrogen-bond donors (Lipinski definition) is 1. The summed E-state index contributed by atoms with van der Waals surface area (Å²) in [4.78, 5) is 27.1. The van der Waals surface area contributed by atoms with Crippen LogP contribution < -0.4 is 5.32 Å². The summed E-state index contributed by atoms with van der Waals surface area (Å²) >= 11 is 1.39. The van der Waals surface area contributed by atoms with E-state index in [1.165, 1.54) is 11.3 Å². The molecule has 0 saturated carbocycles. The number of amides is 1. The number of esters is 1. The number of hydrogen-bond acceptors (Lipinski definition) is 5. The van der Waals surface area contributed by atoms with Crippen LogP contribution in [0.15, 0.2) is 5.38 Å². The van der Waals surface area contributed by atoms with Crippen LogP contribution in [0.2, 0.25) is 0 Å². The molecule has 1 aromatic heterocycles. The van der Waals surface area contributed by atoms with Gasteiger partial charge in [-0.2, -0.15) is 0 Å². The Bertz CT molecular complexity index is 449. The lowest BCUT2D eigenvalue weighted by Crippen LogP contribution is -2.15. The first-order valence-corrected chi connectivity index (χ1v) is 7.12. The lowest BCUT2D eigenvalue weighted by atomic mass is 9.93. The van der Waals surface area contributed by atoms with E-state index in [1.807, 2.05) is 5.38 Å². The number of nitrogens with zero attached hydrogens (tertiary/aromatic N) is 1. The fourth-order valence-corrected chi connectivity index (χ4v) is 2.26. The molecule has 106 valence electrons. The van der Waals surface area contributed by atoms with Crippen LogP contribution in [-0.2, 0) is 19.7 Å². The molecule has 0 fully saturated rings. The number of nitrogens with one attached hydrogen (secondary N) is 1. The van der Waals surface area contributed by atoms with Crippen molar-refractivity contribution in [2.75, 3.05) is 11.9 Å². The highest BCUT2D eigenvalue weighted by Gasteiger charge is 2.18. The highest BCUT2D eigenvalue weighted by molar-refractivity contribution is 7.13. The van der Waals surface area contributed by atoms with Crippen molar-refractivity contribution in [3.8, 4) is 0 Å². The van der Waals surface area contributed by atoms with Gasteiger partial charge in [0.05, 0.1) is 18.7 Å². The molecular formula is C13H20N2O3S. The largest absolute Gasteiger partial charge is 0.466 e. The molecule has 1 amide bonds. The van der Waals surface area contributed by atoms with Crippen molar-refractivity contribution in [3.63, 3.8) is 0 Å².